The number of nitrogens with zero attached hydrogens (tertiary/aromatic N) is 2. The van der Waals surface area contributed by atoms with Crippen molar-refractivity contribution in [2.75, 3.05) is 0 Å². The number of rotatable bonds is 3. The first-order valence-corrected chi connectivity index (χ1v) is 7.08. The van der Waals surface area contributed by atoms with Crippen molar-refractivity contribution in [1.82, 2.24) is 14.9 Å². The molecule has 2 heterocycles. The number of nitrogens with two attached hydrogens (primary N) is 1. The van der Waals surface area contributed by atoms with E-state index in [0.29, 0.717) is 10.6 Å². The van der Waals surface area contributed by atoms with Crippen LogP contribution in [0.15, 0.2) is 30.6 Å². The van der Waals surface area contributed by atoms with Crippen molar-refractivity contribution in [3.63, 3.8) is 0 Å². The van der Waals surface area contributed by atoms with Crippen LogP contribution in [0.2, 0.25) is 0 Å². The highest BCUT2D eigenvalue weighted by Crippen LogP contribution is 2.30. The van der Waals surface area contributed by atoms with Gasteiger partial charge in [-0.3, -0.25) is 4.79 Å². The van der Waals surface area contributed by atoms with Gasteiger partial charge >= 0.3 is 0 Å². The van der Waals surface area contributed by atoms with E-state index in [0.717, 1.165) is 31.2 Å². The van der Waals surface area contributed by atoms with Gasteiger partial charge in [-0.05, 0) is 25.0 Å². The van der Waals surface area contributed by atoms with Crippen LogP contribution in [0.4, 0.5) is 0 Å². The molecule has 3 rings (SSSR count). The molecule has 20 heavy (non-hydrogen) atoms. The molecule has 1 aliphatic rings. The van der Waals surface area contributed by atoms with E-state index in [2.05, 4.69) is 10.4 Å². The summed E-state index contributed by atoms with van der Waals surface area (Å²) in [6.45, 7) is 0. The molecule has 1 aliphatic carbocycles. The molecule has 3 N–H and O–H groups in total. The van der Waals surface area contributed by atoms with Gasteiger partial charge in [-0.2, -0.15) is 5.10 Å². The lowest BCUT2D eigenvalue weighted by Gasteiger charge is -2.28. The molecule has 0 radical (unpaired) electrons. The Morgan fingerprint density at radius 2 is 2.15 bits per heavy atom. The normalized spacial score (nSPS) is 17.2. The molecule has 6 heteroatoms. The zero-order valence-corrected chi connectivity index (χ0v) is 11.8. The lowest BCUT2D eigenvalue weighted by molar-refractivity contribution is 0.0926. The predicted octanol–water partition coefficient (Wildman–Crippen LogP) is 1.66. The molecule has 0 aliphatic heterocycles. The molecule has 5 nitrogen and oxygen atoms in total. The SMILES string of the molecule is NC(=S)C1(NC(=O)c2cnn3ccccc23)CCCC1. The number of aromatic nitrogens is 2. The summed E-state index contributed by atoms with van der Waals surface area (Å²) in [5, 5.41) is 7.20. The fourth-order valence-electron chi connectivity index (χ4n) is 2.81. The van der Waals surface area contributed by atoms with Crippen LogP contribution in [-0.4, -0.2) is 26.0 Å². The van der Waals surface area contributed by atoms with Crippen molar-refractivity contribution in [1.29, 1.82) is 0 Å². The summed E-state index contributed by atoms with van der Waals surface area (Å²) >= 11 is 5.15. The second-order valence-electron chi connectivity index (χ2n) is 5.20. The van der Waals surface area contributed by atoms with Crippen molar-refractivity contribution in [3.8, 4) is 0 Å². The Hall–Kier alpha value is -1.95. The van der Waals surface area contributed by atoms with Crippen molar-refractivity contribution >= 4 is 28.6 Å². The Morgan fingerprint density at radius 1 is 1.40 bits per heavy atom. The second kappa shape index (κ2) is 4.86. The topological polar surface area (TPSA) is 72.4 Å². The summed E-state index contributed by atoms with van der Waals surface area (Å²) in [4.78, 5) is 12.9. The Labute approximate surface area is 122 Å². The zero-order chi connectivity index (χ0) is 14.2. The number of carbonyl (C=O) groups is 1. The third kappa shape index (κ3) is 2.06. The largest absolute Gasteiger partial charge is 0.391 e. The Balaban J connectivity index is 1.91. The van der Waals surface area contributed by atoms with Crippen LogP contribution in [0.3, 0.4) is 0 Å². The van der Waals surface area contributed by atoms with E-state index in [1.54, 1.807) is 10.7 Å². The van der Waals surface area contributed by atoms with E-state index in [9.17, 15) is 4.79 Å². The summed E-state index contributed by atoms with van der Waals surface area (Å²) in [7, 11) is 0. The van der Waals surface area contributed by atoms with Crippen molar-refractivity contribution in [2.24, 2.45) is 5.73 Å². The van der Waals surface area contributed by atoms with Gasteiger partial charge in [-0.25, -0.2) is 4.52 Å². The monoisotopic (exact) mass is 288 g/mol. The number of hydrogen-bond donors (Lipinski definition) is 2. The summed E-state index contributed by atoms with van der Waals surface area (Å²) in [5.41, 5.74) is 6.64. The molecule has 2 aromatic heterocycles. The van der Waals surface area contributed by atoms with Gasteiger partial charge in [0.25, 0.3) is 5.91 Å². The highest BCUT2D eigenvalue weighted by molar-refractivity contribution is 7.80. The van der Waals surface area contributed by atoms with Crippen molar-refractivity contribution < 1.29 is 4.79 Å². The molecule has 104 valence electrons. The van der Waals surface area contributed by atoms with Gasteiger partial charge in [0.05, 0.1) is 27.8 Å². The third-order valence-electron chi connectivity index (χ3n) is 3.95. The van der Waals surface area contributed by atoms with Gasteiger partial charge in [-0.15, -0.1) is 0 Å². The predicted molar refractivity (Wildman–Crippen MR) is 80.6 cm³/mol. The fraction of sp³-hybridized carbons (Fsp3) is 0.357. The molecule has 0 unspecified atom stereocenters. The molecule has 1 fully saturated rings. The molecular weight excluding hydrogens is 272 g/mol. The van der Waals surface area contributed by atoms with Gasteiger partial charge in [0.1, 0.15) is 0 Å². The maximum absolute atomic E-state index is 12.5. The smallest absolute Gasteiger partial charge is 0.255 e. The van der Waals surface area contributed by atoms with Gasteiger partial charge in [-0.1, -0.05) is 31.1 Å². The number of nitrogens with one attached hydrogen (secondary N) is 1. The Kier molecular flexibility index (Phi) is 3.17. The first kappa shape index (κ1) is 13.1. The Morgan fingerprint density at radius 3 is 2.85 bits per heavy atom. The van der Waals surface area contributed by atoms with E-state index in [1.807, 2.05) is 24.4 Å². The quantitative estimate of drug-likeness (QED) is 0.843. The number of thiocarbonyl (C=S) groups is 1. The average Bonchev–Trinajstić information content (AvgIpc) is 3.05. The zero-order valence-electron chi connectivity index (χ0n) is 11.0. The van der Waals surface area contributed by atoms with E-state index in [4.69, 9.17) is 18.0 Å². The van der Waals surface area contributed by atoms with E-state index in [1.165, 1.54) is 0 Å². The lowest BCUT2D eigenvalue weighted by Crippen LogP contribution is -2.54. The van der Waals surface area contributed by atoms with Crippen LogP contribution in [0.25, 0.3) is 5.52 Å². The molecular formula is C14H16N4OS. The number of carbonyl (C=O) groups excluding carboxylic acids is 1. The first-order valence-electron chi connectivity index (χ1n) is 6.67. The van der Waals surface area contributed by atoms with Crippen LogP contribution in [0.1, 0.15) is 36.0 Å². The van der Waals surface area contributed by atoms with Crippen molar-refractivity contribution in [3.05, 3.63) is 36.2 Å². The number of amides is 1. The molecule has 1 saturated carbocycles. The summed E-state index contributed by atoms with van der Waals surface area (Å²) in [5.74, 6) is -0.166. The van der Waals surface area contributed by atoms with Gasteiger partial charge in [0.2, 0.25) is 0 Å². The molecule has 0 atom stereocenters. The maximum Gasteiger partial charge on any atom is 0.255 e. The highest BCUT2D eigenvalue weighted by atomic mass is 32.1. The first-order chi connectivity index (χ1) is 9.62. The minimum atomic E-state index is -0.532. The summed E-state index contributed by atoms with van der Waals surface area (Å²) in [6, 6.07) is 5.62. The number of pyridine rings is 1. The van der Waals surface area contributed by atoms with Crippen LogP contribution >= 0.6 is 12.2 Å². The third-order valence-corrected chi connectivity index (χ3v) is 4.34. The molecule has 0 saturated heterocycles. The Bertz CT molecular complexity index is 673. The van der Waals surface area contributed by atoms with E-state index in [-0.39, 0.29) is 5.91 Å². The summed E-state index contributed by atoms with van der Waals surface area (Å²) < 4.78 is 1.68. The number of fused-ring (bicyclic) bond motifs is 1. The average molecular weight is 288 g/mol. The van der Waals surface area contributed by atoms with Crippen molar-refractivity contribution in [2.45, 2.75) is 31.2 Å². The van der Waals surface area contributed by atoms with Crippen LogP contribution in [0.5, 0.6) is 0 Å². The number of hydrogen-bond acceptors (Lipinski definition) is 3. The van der Waals surface area contributed by atoms with Crippen LogP contribution in [0, 0.1) is 0 Å². The molecule has 0 aromatic carbocycles. The van der Waals surface area contributed by atoms with Crippen LogP contribution in [-0.2, 0) is 0 Å². The molecule has 2 aromatic rings. The molecule has 0 bridgehead atoms. The second-order valence-corrected chi connectivity index (χ2v) is 5.64. The highest BCUT2D eigenvalue weighted by Gasteiger charge is 2.38. The lowest BCUT2D eigenvalue weighted by atomic mass is 9.97. The maximum atomic E-state index is 12.5. The van der Waals surface area contributed by atoms with E-state index < -0.39 is 5.54 Å². The van der Waals surface area contributed by atoms with E-state index >= 15 is 0 Å². The minimum absolute atomic E-state index is 0.166. The summed E-state index contributed by atoms with van der Waals surface area (Å²) in [6.07, 6.45) is 7.08. The van der Waals surface area contributed by atoms with Crippen LogP contribution < -0.4 is 11.1 Å². The standard InChI is InChI=1S/C14H16N4OS/c15-13(20)14(6-2-3-7-14)17-12(19)10-9-16-18-8-4-1-5-11(10)18/h1,4-5,8-9H,2-3,6-7H2,(H2,15,20)(H,17,19). The van der Waals surface area contributed by atoms with Gasteiger partial charge < -0.3 is 11.1 Å². The molecule has 0 spiro atoms. The minimum Gasteiger partial charge on any atom is -0.391 e. The van der Waals surface area contributed by atoms with Gasteiger partial charge in [0, 0.05) is 6.20 Å². The van der Waals surface area contributed by atoms with Gasteiger partial charge in [0.15, 0.2) is 0 Å². The fourth-order valence-corrected chi connectivity index (χ4v) is 3.06. The molecule has 1 amide bonds.